The first kappa shape index (κ1) is 28.5. The molecule has 1 aromatic heterocycles. The Morgan fingerprint density at radius 1 is 1.16 bits per heavy atom. The summed E-state index contributed by atoms with van der Waals surface area (Å²) in [7, 11) is 0. The van der Waals surface area contributed by atoms with Crippen LogP contribution in [0.15, 0.2) is 24.3 Å². The lowest BCUT2D eigenvalue weighted by Gasteiger charge is -2.29. The highest BCUT2D eigenvalue weighted by atomic mass is 32.1. The fraction of sp³-hybridized carbons (Fsp3) is 0.458. The van der Waals surface area contributed by atoms with Crippen LogP contribution in [0.4, 0.5) is 0 Å². The minimum Gasteiger partial charge on any atom is -0.370 e. The zero-order chi connectivity index (χ0) is 27.8. The number of thiazole rings is 1. The highest BCUT2D eigenvalue weighted by Gasteiger charge is 2.39. The molecule has 8 N–H and O–H groups in total. The fourth-order valence-corrected chi connectivity index (χ4v) is 5.30. The first-order valence-electron chi connectivity index (χ1n) is 12.2. The third-order valence-corrected chi connectivity index (χ3v) is 7.09. The lowest BCUT2D eigenvalue weighted by atomic mass is 10.1. The number of hydrogen-bond donors (Lipinski definition) is 6. The van der Waals surface area contributed by atoms with Gasteiger partial charge in [-0.05, 0) is 37.8 Å². The Bertz CT molecular complexity index is 1180. The molecule has 0 unspecified atom stereocenters. The molecule has 0 bridgehead atoms. The van der Waals surface area contributed by atoms with E-state index in [2.05, 4.69) is 20.9 Å². The van der Waals surface area contributed by atoms with E-state index in [1.54, 1.807) is 6.07 Å². The Kier molecular flexibility index (Phi) is 9.71. The molecule has 14 heteroatoms. The summed E-state index contributed by atoms with van der Waals surface area (Å²) in [6, 6.07) is 4.33. The van der Waals surface area contributed by atoms with Gasteiger partial charge in [0.05, 0.1) is 22.7 Å². The van der Waals surface area contributed by atoms with Gasteiger partial charge in [-0.3, -0.25) is 29.4 Å². The van der Waals surface area contributed by atoms with E-state index in [-0.39, 0.29) is 29.7 Å². The summed E-state index contributed by atoms with van der Waals surface area (Å²) in [4.78, 5) is 68.7. The maximum atomic E-state index is 13.4. The van der Waals surface area contributed by atoms with Crippen LogP contribution in [0.1, 0.15) is 48.8 Å². The fourth-order valence-electron chi connectivity index (χ4n) is 4.34. The summed E-state index contributed by atoms with van der Waals surface area (Å²) < 4.78 is 0.838. The van der Waals surface area contributed by atoms with Gasteiger partial charge < -0.3 is 32.3 Å². The first-order valence-corrected chi connectivity index (χ1v) is 13.0. The Balaban J connectivity index is 1.77. The Morgan fingerprint density at radius 2 is 1.89 bits per heavy atom. The van der Waals surface area contributed by atoms with E-state index >= 15 is 0 Å². The number of ketones is 1. The van der Waals surface area contributed by atoms with Crippen LogP contribution in [0, 0.1) is 5.41 Å². The number of aromatic nitrogens is 1. The molecular weight excluding hydrogens is 512 g/mol. The zero-order valence-electron chi connectivity index (χ0n) is 21.0. The van der Waals surface area contributed by atoms with E-state index in [1.807, 2.05) is 18.2 Å². The second-order valence-electron chi connectivity index (χ2n) is 9.01. The molecule has 3 rings (SSSR count). The number of nitrogens with zero attached hydrogens (tertiary/aromatic N) is 2. The third-order valence-electron chi connectivity index (χ3n) is 6.04. The quantitative estimate of drug-likeness (QED) is 0.0892. The van der Waals surface area contributed by atoms with Crippen molar-refractivity contribution in [1.29, 1.82) is 5.41 Å². The van der Waals surface area contributed by atoms with Crippen LogP contribution in [0.25, 0.3) is 10.2 Å². The Labute approximate surface area is 223 Å². The normalized spacial score (nSPS) is 16.4. The molecule has 1 aliphatic heterocycles. The van der Waals surface area contributed by atoms with Crippen molar-refractivity contribution >= 4 is 56.9 Å². The summed E-state index contributed by atoms with van der Waals surface area (Å²) in [5.41, 5.74) is 11.3. The number of rotatable bonds is 12. The maximum absolute atomic E-state index is 13.4. The lowest BCUT2D eigenvalue weighted by molar-refractivity contribution is -0.142. The third kappa shape index (κ3) is 7.47. The summed E-state index contributed by atoms with van der Waals surface area (Å²) in [6.07, 6.45) is 1.17. The van der Waals surface area contributed by atoms with Gasteiger partial charge in [0.2, 0.25) is 29.4 Å². The van der Waals surface area contributed by atoms with Crippen LogP contribution in [0.2, 0.25) is 0 Å². The van der Waals surface area contributed by atoms with Gasteiger partial charge in [-0.2, -0.15) is 0 Å². The highest BCUT2D eigenvalue weighted by Crippen LogP contribution is 2.24. The van der Waals surface area contributed by atoms with Crippen molar-refractivity contribution in [3.63, 3.8) is 0 Å². The van der Waals surface area contributed by atoms with Crippen molar-refractivity contribution in [2.45, 2.75) is 57.2 Å². The van der Waals surface area contributed by atoms with E-state index in [9.17, 15) is 24.0 Å². The number of fused-ring (bicyclic) bond motifs is 1. The van der Waals surface area contributed by atoms with Crippen molar-refractivity contribution in [2.75, 3.05) is 13.1 Å². The molecule has 13 nitrogen and oxygen atoms in total. The molecule has 0 aliphatic carbocycles. The van der Waals surface area contributed by atoms with Crippen molar-refractivity contribution in [2.24, 2.45) is 11.5 Å². The van der Waals surface area contributed by atoms with Crippen molar-refractivity contribution < 1.29 is 24.0 Å². The molecule has 1 saturated heterocycles. The standard InChI is InChI=1S/C24H32N8O5S/c1-13(33)29-16(12-19(25)34)23(37)32-11-5-8-17(32)21(36)30-15(7-4-10-28-24(26)27)20(35)22-31-14-6-2-3-9-18(14)38-22/h2-3,6,9,15-17H,4-5,7-8,10-12H2,1H3,(H2,25,34)(H,29,33)(H,30,36)(H4,26,27,28)/t15-,16-,17-/m0/s1. The largest absolute Gasteiger partial charge is 0.370 e. The average molecular weight is 545 g/mol. The van der Waals surface area contributed by atoms with E-state index in [0.717, 1.165) is 4.70 Å². The van der Waals surface area contributed by atoms with E-state index < -0.39 is 48.2 Å². The molecule has 0 saturated carbocycles. The van der Waals surface area contributed by atoms with E-state index in [1.165, 1.54) is 23.2 Å². The van der Waals surface area contributed by atoms with Crippen LogP contribution < -0.4 is 27.4 Å². The minimum absolute atomic E-state index is 0.201. The van der Waals surface area contributed by atoms with Gasteiger partial charge in [-0.25, -0.2) is 4.98 Å². The van der Waals surface area contributed by atoms with Gasteiger partial charge in [0.1, 0.15) is 12.1 Å². The number of nitrogens with two attached hydrogens (primary N) is 2. The van der Waals surface area contributed by atoms with Crippen LogP contribution >= 0.6 is 11.3 Å². The van der Waals surface area contributed by atoms with Crippen LogP contribution in [-0.4, -0.2) is 76.5 Å². The average Bonchev–Trinajstić information content (AvgIpc) is 3.51. The Hall–Kier alpha value is -4.07. The summed E-state index contributed by atoms with van der Waals surface area (Å²) in [5, 5.41) is 15.4. The van der Waals surface area contributed by atoms with Gasteiger partial charge in [0, 0.05) is 20.0 Å². The predicted octanol–water partition coefficient (Wildman–Crippen LogP) is -0.402. The minimum atomic E-state index is -1.18. The number of amides is 4. The molecule has 38 heavy (non-hydrogen) atoms. The number of nitrogens with one attached hydrogen (secondary N) is 4. The lowest BCUT2D eigenvalue weighted by Crippen LogP contribution is -2.55. The molecule has 204 valence electrons. The van der Waals surface area contributed by atoms with Crippen molar-refractivity contribution in [3.8, 4) is 0 Å². The molecule has 1 fully saturated rings. The number of benzene rings is 1. The number of likely N-dealkylation sites (tertiary alicyclic amines) is 1. The first-order chi connectivity index (χ1) is 18.1. The van der Waals surface area contributed by atoms with Crippen LogP contribution in [0.5, 0.6) is 0 Å². The summed E-state index contributed by atoms with van der Waals surface area (Å²) in [6.45, 7) is 1.80. The molecule has 1 aromatic carbocycles. The molecule has 4 amide bonds. The van der Waals surface area contributed by atoms with Crippen LogP contribution in [-0.2, 0) is 19.2 Å². The number of Topliss-reactive ketones (excluding diaryl/α,β-unsaturated/α-hetero) is 1. The highest BCUT2D eigenvalue weighted by molar-refractivity contribution is 7.20. The SMILES string of the molecule is CC(=O)N[C@@H](CC(N)=O)C(=O)N1CCC[C@H]1C(=O)N[C@@H](CCCNC(=N)N)C(=O)c1nc2ccccc2s1. The second kappa shape index (κ2) is 12.9. The molecule has 2 heterocycles. The maximum Gasteiger partial charge on any atom is 0.246 e. The molecule has 0 spiro atoms. The number of primary amides is 1. The summed E-state index contributed by atoms with van der Waals surface area (Å²) in [5.74, 6) is -2.94. The Morgan fingerprint density at radius 3 is 2.55 bits per heavy atom. The molecule has 1 aliphatic rings. The van der Waals surface area contributed by atoms with Gasteiger partial charge in [-0.1, -0.05) is 12.1 Å². The van der Waals surface area contributed by atoms with E-state index in [4.69, 9.17) is 16.9 Å². The number of carbonyl (C=O) groups excluding carboxylic acids is 5. The second-order valence-corrected chi connectivity index (χ2v) is 10.0. The number of para-hydroxylation sites is 1. The molecular formula is C24H32N8O5S. The monoisotopic (exact) mass is 544 g/mol. The van der Waals surface area contributed by atoms with E-state index in [0.29, 0.717) is 31.3 Å². The van der Waals surface area contributed by atoms with Gasteiger partial charge >= 0.3 is 0 Å². The van der Waals surface area contributed by atoms with Gasteiger partial charge in [0.15, 0.2) is 11.0 Å². The summed E-state index contributed by atoms with van der Waals surface area (Å²) >= 11 is 1.23. The van der Waals surface area contributed by atoms with Gasteiger partial charge in [0.25, 0.3) is 0 Å². The smallest absolute Gasteiger partial charge is 0.246 e. The topological polar surface area (TPSA) is 213 Å². The van der Waals surface area contributed by atoms with Crippen molar-refractivity contribution in [3.05, 3.63) is 29.3 Å². The number of carbonyl (C=O) groups is 5. The number of guanidine groups is 1. The predicted molar refractivity (Wildman–Crippen MR) is 141 cm³/mol. The van der Waals surface area contributed by atoms with Crippen molar-refractivity contribution in [1.82, 2.24) is 25.8 Å². The molecule has 3 atom stereocenters. The molecule has 2 aromatic rings. The molecule has 0 radical (unpaired) electrons. The zero-order valence-corrected chi connectivity index (χ0v) is 21.8. The van der Waals surface area contributed by atoms with Gasteiger partial charge in [-0.15, -0.1) is 11.3 Å². The van der Waals surface area contributed by atoms with Crippen LogP contribution in [0.3, 0.4) is 0 Å². The number of hydrogen-bond acceptors (Lipinski definition) is 8.